The van der Waals surface area contributed by atoms with Crippen LogP contribution in [0.5, 0.6) is 17.2 Å². The number of nitrogens with two attached hydrogens (primary N) is 1. The second-order valence-corrected chi connectivity index (χ2v) is 4.73. The maximum atomic E-state index is 5.70. The van der Waals surface area contributed by atoms with E-state index in [0.717, 1.165) is 17.9 Å². The summed E-state index contributed by atoms with van der Waals surface area (Å²) in [7, 11) is 4.90. The van der Waals surface area contributed by atoms with Gasteiger partial charge < -0.3 is 19.9 Å². The number of hydrogen-bond acceptors (Lipinski definition) is 4. The minimum absolute atomic E-state index is 0.224. The first-order valence-electron chi connectivity index (χ1n) is 6.21. The molecule has 0 spiro atoms. The topological polar surface area (TPSA) is 53.7 Å². The maximum Gasteiger partial charge on any atom is 0.203 e. The number of benzene rings is 1. The summed E-state index contributed by atoms with van der Waals surface area (Å²) in [6.45, 7) is 0.705. The first-order chi connectivity index (χ1) is 8.70. The van der Waals surface area contributed by atoms with Crippen LogP contribution in [0.25, 0.3) is 0 Å². The summed E-state index contributed by atoms with van der Waals surface area (Å²) in [6.07, 6.45) is 3.37. The van der Waals surface area contributed by atoms with Gasteiger partial charge in [-0.15, -0.1) is 0 Å². The van der Waals surface area contributed by atoms with Crippen molar-refractivity contribution in [2.45, 2.75) is 24.7 Å². The molecule has 2 rings (SSSR count). The molecule has 1 fully saturated rings. The molecule has 4 nitrogen and oxygen atoms in total. The van der Waals surface area contributed by atoms with Crippen LogP contribution in [0, 0.1) is 0 Å². The van der Waals surface area contributed by atoms with Gasteiger partial charge in [-0.05, 0) is 48.9 Å². The predicted octanol–water partition coefficient (Wildman–Crippen LogP) is 2.09. The van der Waals surface area contributed by atoms with Crippen LogP contribution >= 0.6 is 0 Å². The molecule has 100 valence electrons. The third-order valence-electron chi connectivity index (χ3n) is 3.75. The lowest BCUT2D eigenvalue weighted by Crippen LogP contribution is -2.14. The normalized spacial score (nSPS) is 16.2. The van der Waals surface area contributed by atoms with Gasteiger partial charge in [0, 0.05) is 0 Å². The molecular weight excluding hydrogens is 230 g/mol. The van der Waals surface area contributed by atoms with Crippen molar-refractivity contribution in [3.8, 4) is 17.2 Å². The SMILES string of the molecule is COc1cc(C2(CCN)CC2)cc(OC)c1OC. The summed E-state index contributed by atoms with van der Waals surface area (Å²) >= 11 is 0. The van der Waals surface area contributed by atoms with Crippen LogP contribution in [0.15, 0.2) is 12.1 Å². The fourth-order valence-electron chi connectivity index (χ4n) is 2.50. The van der Waals surface area contributed by atoms with Crippen molar-refractivity contribution in [3.05, 3.63) is 17.7 Å². The van der Waals surface area contributed by atoms with Gasteiger partial charge in [-0.3, -0.25) is 0 Å². The summed E-state index contributed by atoms with van der Waals surface area (Å²) in [4.78, 5) is 0. The van der Waals surface area contributed by atoms with Gasteiger partial charge in [-0.1, -0.05) is 0 Å². The van der Waals surface area contributed by atoms with E-state index in [1.54, 1.807) is 21.3 Å². The van der Waals surface area contributed by atoms with E-state index in [2.05, 4.69) is 0 Å². The molecule has 1 aliphatic carbocycles. The largest absolute Gasteiger partial charge is 0.493 e. The minimum atomic E-state index is 0.224. The van der Waals surface area contributed by atoms with Crippen LogP contribution in [-0.2, 0) is 5.41 Å². The van der Waals surface area contributed by atoms with E-state index in [-0.39, 0.29) is 5.41 Å². The molecule has 1 aliphatic rings. The smallest absolute Gasteiger partial charge is 0.203 e. The number of hydrogen-bond donors (Lipinski definition) is 1. The second kappa shape index (κ2) is 5.06. The molecule has 4 heteroatoms. The van der Waals surface area contributed by atoms with E-state index >= 15 is 0 Å². The predicted molar refractivity (Wildman–Crippen MR) is 70.7 cm³/mol. The highest BCUT2D eigenvalue weighted by Crippen LogP contribution is 2.53. The minimum Gasteiger partial charge on any atom is -0.493 e. The molecule has 18 heavy (non-hydrogen) atoms. The lowest BCUT2D eigenvalue weighted by Gasteiger charge is -2.19. The fraction of sp³-hybridized carbons (Fsp3) is 0.571. The first-order valence-corrected chi connectivity index (χ1v) is 6.21. The standard InChI is InChI=1S/C14H21NO3/c1-16-11-8-10(14(4-5-14)6-7-15)9-12(17-2)13(11)18-3/h8-9H,4-7,15H2,1-3H3. The van der Waals surface area contributed by atoms with Crippen molar-refractivity contribution in [2.75, 3.05) is 27.9 Å². The van der Waals surface area contributed by atoms with Crippen molar-refractivity contribution in [2.24, 2.45) is 5.73 Å². The zero-order chi connectivity index (χ0) is 13.2. The van der Waals surface area contributed by atoms with Crippen molar-refractivity contribution in [3.63, 3.8) is 0 Å². The van der Waals surface area contributed by atoms with E-state index < -0.39 is 0 Å². The lowest BCUT2D eigenvalue weighted by molar-refractivity contribution is 0.323. The van der Waals surface area contributed by atoms with E-state index in [1.165, 1.54) is 18.4 Å². The molecule has 1 aromatic carbocycles. The van der Waals surface area contributed by atoms with Crippen molar-refractivity contribution < 1.29 is 14.2 Å². The molecule has 0 heterocycles. The zero-order valence-electron chi connectivity index (χ0n) is 11.3. The Morgan fingerprint density at radius 2 is 1.61 bits per heavy atom. The van der Waals surface area contributed by atoms with Gasteiger partial charge in [0.1, 0.15) is 0 Å². The summed E-state index contributed by atoms with van der Waals surface area (Å²) in [6, 6.07) is 4.09. The number of rotatable bonds is 6. The maximum absolute atomic E-state index is 5.70. The molecule has 0 aliphatic heterocycles. The molecule has 0 atom stereocenters. The van der Waals surface area contributed by atoms with Gasteiger partial charge in [0.25, 0.3) is 0 Å². The molecule has 1 saturated carbocycles. The Morgan fingerprint density at radius 1 is 1.06 bits per heavy atom. The van der Waals surface area contributed by atoms with Crippen LogP contribution in [0.1, 0.15) is 24.8 Å². The molecule has 0 saturated heterocycles. The molecule has 0 amide bonds. The average Bonchev–Trinajstić information content (AvgIpc) is 3.18. The zero-order valence-corrected chi connectivity index (χ0v) is 11.3. The summed E-state index contributed by atoms with van der Waals surface area (Å²) in [5, 5.41) is 0. The van der Waals surface area contributed by atoms with Crippen molar-refractivity contribution >= 4 is 0 Å². The Bertz CT molecular complexity index is 402. The highest BCUT2D eigenvalue weighted by molar-refractivity contribution is 5.56. The third kappa shape index (κ3) is 2.12. The number of methoxy groups -OCH3 is 3. The summed E-state index contributed by atoms with van der Waals surface area (Å²) < 4.78 is 16.1. The average molecular weight is 251 g/mol. The van der Waals surface area contributed by atoms with Gasteiger partial charge in [0.05, 0.1) is 21.3 Å². The highest BCUT2D eigenvalue weighted by atomic mass is 16.5. The molecule has 0 radical (unpaired) electrons. The van der Waals surface area contributed by atoms with Gasteiger partial charge in [0.2, 0.25) is 5.75 Å². The van der Waals surface area contributed by atoms with Crippen molar-refractivity contribution in [1.29, 1.82) is 0 Å². The van der Waals surface area contributed by atoms with Crippen LogP contribution in [0.3, 0.4) is 0 Å². The lowest BCUT2D eigenvalue weighted by atomic mass is 9.92. The molecule has 0 aromatic heterocycles. The Morgan fingerprint density at radius 3 is 1.94 bits per heavy atom. The van der Waals surface area contributed by atoms with E-state index in [0.29, 0.717) is 12.3 Å². The highest BCUT2D eigenvalue weighted by Gasteiger charge is 2.44. The van der Waals surface area contributed by atoms with Gasteiger partial charge in [-0.2, -0.15) is 0 Å². The molecule has 2 N–H and O–H groups in total. The first kappa shape index (κ1) is 13.0. The van der Waals surface area contributed by atoms with Gasteiger partial charge in [-0.25, -0.2) is 0 Å². The molecular formula is C14H21NO3. The fourth-order valence-corrected chi connectivity index (χ4v) is 2.50. The van der Waals surface area contributed by atoms with E-state index in [1.807, 2.05) is 12.1 Å². The van der Waals surface area contributed by atoms with Crippen molar-refractivity contribution in [1.82, 2.24) is 0 Å². The summed E-state index contributed by atoms with van der Waals surface area (Å²) in [5.41, 5.74) is 7.16. The molecule has 0 bridgehead atoms. The van der Waals surface area contributed by atoms with Crippen LogP contribution < -0.4 is 19.9 Å². The Labute approximate surface area is 108 Å². The quantitative estimate of drug-likeness (QED) is 0.841. The Kier molecular flexibility index (Phi) is 3.66. The monoisotopic (exact) mass is 251 g/mol. The van der Waals surface area contributed by atoms with Gasteiger partial charge >= 0.3 is 0 Å². The van der Waals surface area contributed by atoms with E-state index in [9.17, 15) is 0 Å². The molecule has 1 aromatic rings. The van der Waals surface area contributed by atoms with Crippen LogP contribution in [0.4, 0.5) is 0 Å². The van der Waals surface area contributed by atoms with Crippen LogP contribution in [0.2, 0.25) is 0 Å². The van der Waals surface area contributed by atoms with Crippen LogP contribution in [-0.4, -0.2) is 27.9 Å². The Balaban J connectivity index is 2.44. The Hall–Kier alpha value is -1.42. The second-order valence-electron chi connectivity index (χ2n) is 4.73. The third-order valence-corrected chi connectivity index (χ3v) is 3.75. The summed E-state index contributed by atoms with van der Waals surface area (Å²) in [5.74, 6) is 2.08. The van der Waals surface area contributed by atoms with Gasteiger partial charge in [0.15, 0.2) is 11.5 Å². The molecule has 0 unspecified atom stereocenters. The van der Waals surface area contributed by atoms with E-state index in [4.69, 9.17) is 19.9 Å². The number of ether oxygens (including phenoxy) is 3.